The maximum Gasteiger partial charge on any atom is 0.0546 e. The number of aliphatic hydroxyl groups is 1. The van der Waals surface area contributed by atoms with E-state index in [1.807, 2.05) is 36.5 Å². The van der Waals surface area contributed by atoms with Crippen molar-refractivity contribution in [2.75, 3.05) is 0 Å². The van der Waals surface area contributed by atoms with E-state index < -0.39 is 0 Å². The lowest BCUT2D eigenvalue weighted by Crippen LogP contribution is -2.09. The SMILES string of the molecule is OC(CCc1ccc(-c2cccc(Cl)c2)cc1)CCc1cccnc1. The molecule has 1 atom stereocenters. The number of halogens is 1. The molecule has 25 heavy (non-hydrogen) atoms. The van der Waals surface area contributed by atoms with Gasteiger partial charge in [-0.15, -0.1) is 0 Å². The van der Waals surface area contributed by atoms with Crippen molar-refractivity contribution in [1.82, 2.24) is 4.98 Å². The van der Waals surface area contributed by atoms with E-state index in [2.05, 4.69) is 35.3 Å². The highest BCUT2D eigenvalue weighted by Crippen LogP contribution is 2.23. The van der Waals surface area contributed by atoms with Crippen LogP contribution in [0.5, 0.6) is 0 Å². The Morgan fingerprint density at radius 2 is 1.60 bits per heavy atom. The molecule has 0 amide bonds. The molecule has 0 saturated carbocycles. The summed E-state index contributed by atoms with van der Waals surface area (Å²) in [6.07, 6.45) is 6.64. The maximum absolute atomic E-state index is 10.2. The van der Waals surface area contributed by atoms with Gasteiger partial charge in [0, 0.05) is 17.4 Å². The van der Waals surface area contributed by atoms with E-state index in [1.54, 1.807) is 6.20 Å². The fraction of sp³-hybridized carbons (Fsp3) is 0.227. The molecule has 0 radical (unpaired) electrons. The summed E-state index contributed by atoms with van der Waals surface area (Å²) in [5, 5.41) is 10.9. The van der Waals surface area contributed by atoms with Crippen LogP contribution in [0.15, 0.2) is 73.1 Å². The number of benzene rings is 2. The maximum atomic E-state index is 10.2. The van der Waals surface area contributed by atoms with Crippen molar-refractivity contribution < 1.29 is 5.11 Å². The van der Waals surface area contributed by atoms with Crippen LogP contribution in [0.25, 0.3) is 11.1 Å². The number of hydrogen-bond acceptors (Lipinski definition) is 2. The number of nitrogens with zero attached hydrogens (tertiary/aromatic N) is 1. The normalized spacial score (nSPS) is 12.1. The third kappa shape index (κ3) is 5.42. The van der Waals surface area contributed by atoms with E-state index in [0.717, 1.165) is 41.8 Å². The first-order chi connectivity index (χ1) is 12.2. The van der Waals surface area contributed by atoms with Gasteiger partial charge in [-0.05, 0) is 66.1 Å². The molecule has 0 saturated heterocycles. The molecule has 1 N–H and O–H groups in total. The van der Waals surface area contributed by atoms with Crippen LogP contribution in [0.3, 0.4) is 0 Å². The van der Waals surface area contributed by atoms with Gasteiger partial charge in [-0.3, -0.25) is 4.98 Å². The minimum absolute atomic E-state index is 0.284. The van der Waals surface area contributed by atoms with Gasteiger partial charge in [-0.1, -0.05) is 54.1 Å². The Balaban J connectivity index is 1.50. The first-order valence-electron chi connectivity index (χ1n) is 8.62. The van der Waals surface area contributed by atoms with Crippen LogP contribution < -0.4 is 0 Å². The third-order valence-corrected chi connectivity index (χ3v) is 4.60. The van der Waals surface area contributed by atoms with Gasteiger partial charge < -0.3 is 5.11 Å². The topological polar surface area (TPSA) is 33.1 Å². The molecule has 3 heteroatoms. The zero-order chi connectivity index (χ0) is 17.5. The molecular formula is C22H22ClNO. The summed E-state index contributed by atoms with van der Waals surface area (Å²) in [7, 11) is 0. The van der Waals surface area contributed by atoms with Crippen LogP contribution in [-0.4, -0.2) is 16.2 Å². The monoisotopic (exact) mass is 351 g/mol. The smallest absolute Gasteiger partial charge is 0.0546 e. The summed E-state index contributed by atoms with van der Waals surface area (Å²) in [5.41, 5.74) is 4.69. The van der Waals surface area contributed by atoms with Gasteiger partial charge in [0.2, 0.25) is 0 Å². The van der Waals surface area contributed by atoms with Gasteiger partial charge in [0.1, 0.15) is 0 Å². The minimum Gasteiger partial charge on any atom is -0.393 e. The Morgan fingerprint density at radius 3 is 2.28 bits per heavy atom. The van der Waals surface area contributed by atoms with Crippen molar-refractivity contribution in [2.24, 2.45) is 0 Å². The lowest BCUT2D eigenvalue weighted by Gasteiger charge is -2.11. The Labute approximate surface area is 154 Å². The molecule has 1 aromatic heterocycles. The van der Waals surface area contributed by atoms with E-state index in [0.29, 0.717) is 0 Å². The molecule has 1 heterocycles. The average molecular weight is 352 g/mol. The minimum atomic E-state index is -0.284. The van der Waals surface area contributed by atoms with E-state index in [-0.39, 0.29) is 6.10 Å². The van der Waals surface area contributed by atoms with Crippen molar-refractivity contribution in [3.8, 4) is 11.1 Å². The van der Waals surface area contributed by atoms with E-state index in [9.17, 15) is 5.11 Å². The molecule has 0 bridgehead atoms. The fourth-order valence-electron chi connectivity index (χ4n) is 2.89. The number of pyridine rings is 1. The summed E-state index contributed by atoms with van der Waals surface area (Å²) in [5.74, 6) is 0. The Hall–Kier alpha value is -2.16. The summed E-state index contributed by atoms with van der Waals surface area (Å²) < 4.78 is 0. The highest BCUT2D eigenvalue weighted by molar-refractivity contribution is 6.30. The van der Waals surface area contributed by atoms with Crippen molar-refractivity contribution in [3.63, 3.8) is 0 Å². The number of hydrogen-bond donors (Lipinski definition) is 1. The quantitative estimate of drug-likeness (QED) is 0.624. The molecule has 3 aromatic rings. The Kier molecular flexibility index (Phi) is 6.21. The summed E-state index contributed by atoms with van der Waals surface area (Å²) >= 11 is 6.05. The van der Waals surface area contributed by atoms with Gasteiger partial charge in [-0.25, -0.2) is 0 Å². The van der Waals surface area contributed by atoms with Crippen molar-refractivity contribution in [3.05, 3.63) is 89.2 Å². The van der Waals surface area contributed by atoms with Gasteiger partial charge in [0.25, 0.3) is 0 Å². The second kappa shape index (κ2) is 8.80. The van der Waals surface area contributed by atoms with Crippen LogP contribution in [0.1, 0.15) is 24.0 Å². The predicted octanol–water partition coefficient (Wildman–Crippen LogP) is 5.33. The lowest BCUT2D eigenvalue weighted by molar-refractivity contribution is 0.155. The molecule has 3 rings (SSSR count). The van der Waals surface area contributed by atoms with Gasteiger partial charge in [0.15, 0.2) is 0 Å². The number of aryl methyl sites for hydroxylation is 2. The van der Waals surface area contributed by atoms with Crippen LogP contribution in [0, 0.1) is 0 Å². The number of aliphatic hydroxyl groups excluding tert-OH is 1. The summed E-state index contributed by atoms with van der Waals surface area (Å²) in [6, 6.07) is 20.3. The molecular weight excluding hydrogens is 330 g/mol. The largest absolute Gasteiger partial charge is 0.393 e. The molecule has 0 fully saturated rings. The molecule has 128 valence electrons. The Bertz CT molecular complexity index is 787. The van der Waals surface area contributed by atoms with Crippen molar-refractivity contribution in [2.45, 2.75) is 31.8 Å². The van der Waals surface area contributed by atoms with E-state index >= 15 is 0 Å². The van der Waals surface area contributed by atoms with Crippen molar-refractivity contribution in [1.29, 1.82) is 0 Å². The van der Waals surface area contributed by atoms with E-state index in [1.165, 1.54) is 11.1 Å². The fourth-order valence-corrected chi connectivity index (χ4v) is 3.08. The first kappa shape index (κ1) is 17.7. The number of aromatic nitrogens is 1. The zero-order valence-corrected chi connectivity index (χ0v) is 14.9. The summed E-state index contributed by atoms with van der Waals surface area (Å²) in [6.45, 7) is 0. The molecule has 0 aliphatic carbocycles. The highest BCUT2D eigenvalue weighted by atomic mass is 35.5. The standard InChI is InChI=1S/C22H22ClNO/c23-21-5-1-4-20(15-21)19-10-6-17(7-11-19)8-12-22(25)13-9-18-3-2-14-24-16-18/h1-7,10-11,14-16,22,25H,8-9,12-13H2. The molecule has 2 aromatic carbocycles. The Morgan fingerprint density at radius 1 is 0.840 bits per heavy atom. The van der Waals surface area contributed by atoms with E-state index in [4.69, 9.17) is 11.6 Å². The molecule has 0 spiro atoms. The lowest BCUT2D eigenvalue weighted by atomic mass is 9.99. The average Bonchev–Trinajstić information content (AvgIpc) is 2.66. The number of rotatable bonds is 7. The van der Waals surface area contributed by atoms with Gasteiger partial charge in [-0.2, -0.15) is 0 Å². The van der Waals surface area contributed by atoms with Gasteiger partial charge >= 0.3 is 0 Å². The molecule has 1 unspecified atom stereocenters. The predicted molar refractivity (Wildman–Crippen MR) is 104 cm³/mol. The second-order valence-corrected chi connectivity index (χ2v) is 6.74. The molecule has 0 aliphatic heterocycles. The van der Waals surface area contributed by atoms with Crippen LogP contribution in [0.2, 0.25) is 5.02 Å². The zero-order valence-electron chi connectivity index (χ0n) is 14.1. The second-order valence-electron chi connectivity index (χ2n) is 6.30. The molecule has 2 nitrogen and oxygen atoms in total. The van der Waals surface area contributed by atoms with Gasteiger partial charge in [0.05, 0.1) is 6.10 Å². The van der Waals surface area contributed by atoms with Crippen LogP contribution in [-0.2, 0) is 12.8 Å². The van der Waals surface area contributed by atoms with Crippen LogP contribution in [0.4, 0.5) is 0 Å². The first-order valence-corrected chi connectivity index (χ1v) is 9.00. The highest BCUT2D eigenvalue weighted by Gasteiger charge is 2.06. The molecule has 0 aliphatic rings. The third-order valence-electron chi connectivity index (χ3n) is 4.37. The van der Waals surface area contributed by atoms with Crippen molar-refractivity contribution >= 4 is 11.6 Å². The summed E-state index contributed by atoms with van der Waals surface area (Å²) in [4.78, 5) is 4.10. The van der Waals surface area contributed by atoms with Crippen LogP contribution >= 0.6 is 11.6 Å².